The monoisotopic (exact) mass is 262 g/mol. The number of hydrogen-bond acceptors (Lipinski definition) is 3. The molecule has 0 saturated carbocycles. The van der Waals surface area contributed by atoms with Crippen LogP contribution >= 0.6 is 0 Å². The molecule has 2 bridgehead atoms. The van der Waals surface area contributed by atoms with Crippen LogP contribution in [0.2, 0.25) is 0 Å². The highest BCUT2D eigenvalue weighted by molar-refractivity contribution is 5.93. The Morgan fingerprint density at radius 3 is 2.63 bits per heavy atom. The van der Waals surface area contributed by atoms with Crippen molar-refractivity contribution in [1.29, 1.82) is 0 Å². The third kappa shape index (κ3) is 2.06. The minimum Gasteiger partial charge on any atom is -0.331 e. The zero-order chi connectivity index (χ0) is 13.6. The number of carbonyl (C=O) groups is 1. The predicted molar refractivity (Wildman–Crippen MR) is 72.8 cm³/mol. The van der Waals surface area contributed by atoms with Crippen molar-refractivity contribution in [2.75, 3.05) is 0 Å². The molecule has 3 heterocycles. The fraction of sp³-hybridized carbons (Fsp3) is 0.714. The molecule has 2 aliphatic heterocycles. The molecule has 3 rings (SSSR count). The van der Waals surface area contributed by atoms with Crippen molar-refractivity contribution in [3.05, 3.63) is 17.5 Å². The topological polar surface area (TPSA) is 64.2 Å². The maximum Gasteiger partial charge on any atom is 0.272 e. The van der Waals surface area contributed by atoms with E-state index in [1.807, 2.05) is 24.6 Å². The summed E-state index contributed by atoms with van der Waals surface area (Å²) in [7, 11) is 0. The first-order valence-electron chi connectivity index (χ1n) is 7.22. The second kappa shape index (κ2) is 4.63. The summed E-state index contributed by atoms with van der Waals surface area (Å²) in [6.07, 6.45) is 4.09. The molecular formula is C14H22N4O. The number of nitrogens with two attached hydrogens (primary N) is 1. The van der Waals surface area contributed by atoms with Crippen LogP contribution in [0.3, 0.4) is 0 Å². The van der Waals surface area contributed by atoms with Crippen LogP contribution in [-0.4, -0.2) is 38.7 Å². The van der Waals surface area contributed by atoms with E-state index in [4.69, 9.17) is 5.73 Å². The van der Waals surface area contributed by atoms with Gasteiger partial charge < -0.3 is 10.6 Å². The molecule has 5 heteroatoms. The van der Waals surface area contributed by atoms with Crippen LogP contribution in [0.1, 0.15) is 48.8 Å². The number of piperidine rings is 1. The second-order valence-electron chi connectivity index (χ2n) is 5.82. The molecule has 0 spiro atoms. The molecule has 5 nitrogen and oxygen atoms in total. The van der Waals surface area contributed by atoms with Crippen molar-refractivity contribution < 1.29 is 4.79 Å². The van der Waals surface area contributed by atoms with Gasteiger partial charge in [-0.2, -0.15) is 5.10 Å². The number of hydrogen-bond donors (Lipinski definition) is 1. The molecule has 2 aliphatic rings. The van der Waals surface area contributed by atoms with Crippen LogP contribution in [0.5, 0.6) is 0 Å². The molecule has 2 fully saturated rings. The van der Waals surface area contributed by atoms with Gasteiger partial charge in [-0.25, -0.2) is 0 Å². The number of fused-ring (bicyclic) bond motifs is 2. The third-order valence-electron chi connectivity index (χ3n) is 4.42. The molecule has 1 amide bonds. The van der Waals surface area contributed by atoms with E-state index in [1.165, 1.54) is 0 Å². The van der Waals surface area contributed by atoms with Crippen LogP contribution < -0.4 is 5.73 Å². The van der Waals surface area contributed by atoms with Gasteiger partial charge >= 0.3 is 0 Å². The van der Waals surface area contributed by atoms with E-state index in [9.17, 15) is 4.79 Å². The Kier molecular flexibility index (Phi) is 3.09. The Bertz CT molecular complexity index is 482. The van der Waals surface area contributed by atoms with Gasteiger partial charge in [0.05, 0.1) is 5.69 Å². The molecule has 2 unspecified atom stereocenters. The van der Waals surface area contributed by atoms with Gasteiger partial charge in [-0.1, -0.05) is 0 Å². The standard InChI is InChI=1S/C14H22N4O/c1-3-17-13(6-9(2)16-17)14(19)18-11-4-5-12(18)8-10(15)7-11/h6,10-12H,3-5,7-8,15H2,1-2H3. The van der Waals surface area contributed by atoms with E-state index in [0.29, 0.717) is 12.1 Å². The number of amides is 1. The number of nitrogens with zero attached hydrogens (tertiary/aromatic N) is 3. The maximum atomic E-state index is 12.8. The summed E-state index contributed by atoms with van der Waals surface area (Å²) in [5.74, 6) is 0.141. The molecule has 1 aromatic heterocycles. The lowest BCUT2D eigenvalue weighted by molar-refractivity contribution is 0.0562. The Morgan fingerprint density at radius 2 is 2.05 bits per heavy atom. The molecule has 1 aromatic rings. The molecule has 2 N–H and O–H groups in total. The van der Waals surface area contributed by atoms with Crippen molar-refractivity contribution in [3.63, 3.8) is 0 Å². The second-order valence-corrected chi connectivity index (χ2v) is 5.82. The normalized spacial score (nSPS) is 29.8. The fourth-order valence-electron chi connectivity index (χ4n) is 3.64. The molecule has 2 saturated heterocycles. The smallest absolute Gasteiger partial charge is 0.272 e. The highest BCUT2D eigenvalue weighted by Gasteiger charge is 2.43. The Labute approximate surface area is 113 Å². The molecule has 104 valence electrons. The summed E-state index contributed by atoms with van der Waals surface area (Å²) in [6, 6.07) is 2.84. The van der Waals surface area contributed by atoms with E-state index in [0.717, 1.165) is 43.6 Å². The molecule has 19 heavy (non-hydrogen) atoms. The Balaban J connectivity index is 1.88. The van der Waals surface area contributed by atoms with Gasteiger partial charge in [0.15, 0.2) is 0 Å². The quantitative estimate of drug-likeness (QED) is 0.874. The van der Waals surface area contributed by atoms with Crippen molar-refractivity contribution >= 4 is 5.91 Å². The molecule has 0 aliphatic carbocycles. The van der Waals surface area contributed by atoms with E-state index in [-0.39, 0.29) is 11.9 Å². The van der Waals surface area contributed by atoms with E-state index in [1.54, 1.807) is 0 Å². The first kappa shape index (κ1) is 12.7. The summed E-state index contributed by atoms with van der Waals surface area (Å²) < 4.78 is 1.81. The zero-order valence-corrected chi connectivity index (χ0v) is 11.7. The minimum atomic E-state index is 0.141. The van der Waals surface area contributed by atoms with Crippen LogP contribution in [0, 0.1) is 6.92 Å². The first-order chi connectivity index (χ1) is 9.10. The molecule has 2 atom stereocenters. The zero-order valence-electron chi connectivity index (χ0n) is 11.7. The van der Waals surface area contributed by atoms with Gasteiger partial charge in [-0.15, -0.1) is 0 Å². The largest absolute Gasteiger partial charge is 0.331 e. The van der Waals surface area contributed by atoms with Gasteiger partial charge in [0.1, 0.15) is 5.69 Å². The summed E-state index contributed by atoms with van der Waals surface area (Å²) in [4.78, 5) is 14.9. The van der Waals surface area contributed by atoms with Crippen LogP contribution in [0.25, 0.3) is 0 Å². The highest BCUT2D eigenvalue weighted by Crippen LogP contribution is 2.36. The molecule has 0 radical (unpaired) electrons. The highest BCUT2D eigenvalue weighted by atomic mass is 16.2. The number of aryl methyl sites for hydroxylation is 2. The van der Waals surface area contributed by atoms with Gasteiger partial charge in [-0.3, -0.25) is 9.48 Å². The lowest BCUT2D eigenvalue weighted by Crippen LogP contribution is -2.50. The van der Waals surface area contributed by atoms with Crippen molar-refractivity contribution in [2.45, 2.75) is 64.2 Å². The Hall–Kier alpha value is -1.36. The summed E-state index contributed by atoms with van der Waals surface area (Å²) in [5.41, 5.74) is 7.70. The number of rotatable bonds is 2. The lowest BCUT2D eigenvalue weighted by Gasteiger charge is -2.37. The average molecular weight is 262 g/mol. The van der Waals surface area contributed by atoms with Crippen molar-refractivity contribution in [2.24, 2.45) is 5.73 Å². The van der Waals surface area contributed by atoms with Crippen LogP contribution in [-0.2, 0) is 6.54 Å². The van der Waals surface area contributed by atoms with Crippen LogP contribution in [0.4, 0.5) is 0 Å². The van der Waals surface area contributed by atoms with Crippen LogP contribution in [0.15, 0.2) is 6.07 Å². The number of carbonyl (C=O) groups excluding carboxylic acids is 1. The van der Waals surface area contributed by atoms with Crippen molar-refractivity contribution in [3.8, 4) is 0 Å². The number of aromatic nitrogens is 2. The van der Waals surface area contributed by atoms with Gasteiger partial charge in [0, 0.05) is 24.7 Å². The van der Waals surface area contributed by atoms with E-state index >= 15 is 0 Å². The van der Waals surface area contributed by atoms with Gasteiger partial charge in [0.25, 0.3) is 5.91 Å². The SMILES string of the molecule is CCn1nc(C)cc1C(=O)N1C2CCC1CC(N)C2. The lowest BCUT2D eigenvalue weighted by atomic mass is 9.98. The van der Waals surface area contributed by atoms with E-state index < -0.39 is 0 Å². The van der Waals surface area contributed by atoms with Gasteiger partial charge in [0.2, 0.25) is 0 Å². The Morgan fingerprint density at radius 1 is 1.42 bits per heavy atom. The average Bonchev–Trinajstić information content (AvgIpc) is 2.87. The maximum absolute atomic E-state index is 12.8. The molecule has 0 aromatic carbocycles. The van der Waals surface area contributed by atoms with Gasteiger partial charge in [-0.05, 0) is 45.6 Å². The van der Waals surface area contributed by atoms with E-state index in [2.05, 4.69) is 10.00 Å². The third-order valence-corrected chi connectivity index (χ3v) is 4.42. The summed E-state index contributed by atoms with van der Waals surface area (Å²) >= 11 is 0. The first-order valence-corrected chi connectivity index (χ1v) is 7.22. The summed E-state index contributed by atoms with van der Waals surface area (Å²) in [5, 5.41) is 4.37. The fourth-order valence-corrected chi connectivity index (χ4v) is 3.64. The predicted octanol–water partition coefficient (Wildman–Crippen LogP) is 1.31. The minimum absolute atomic E-state index is 0.141. The molecular weight excluding hydrogens is 240 g/mol. The van der Waals surface area contributed by atoms with Crippen molar-refractivity contribution in [1.82, 2.24) is 14.7 Å². The summed E-state index contributed by atoms with van der Waals surface area (Å²) in [6.45, 7) is 4.69.